The lowest BCUT2D eigenvalue weighted by Gasteiger charge is -2.40. The van der Waals surface area contributed by atoms with Gasteiger partial charge >= 0.3 is 0 Å². The van der Waals surface area contributed by atoms with Gasteiger partial charge in [0.15, 0.2) is 5.65 Å². The van der Waals surface area contributed by atoms with Crippen LogP contribution in [0.3, 0.4) is 0 Å². The number of pyridine rings is 1. The fourth-order valence-electron chi connectivity index (χ4n) is 3.57. The number of hydrogen-bond donors (Lipinski definition) is 1. The van der Waals surface area contributed by atoms with Crippen LogP contribution in [-0.2, 0) is 4.74 Å². The third kappa shape index (κ3) is 4.20. The Kier molecular flexibility index (Phi) is 6.05. The molecule has 0 bridgehead atoms. The molecule has 0 aliphatic carbocycles. The number of hydrogen-bond acceptors (Lipinski definition) is 5. The summed E-state index contributed by atoms with van der Waals surface area (Å²) in [7, 11) is 0. The van der Waals surface area contributed by atoms with Gasteiger partial charge in [-0.15, -0.1) is 0 Å². The van der Waals surface area contributed by atoms with Gasteiger partial charge in [-0.05, 0) is 39.7 Å². The van der Waals surface area contributed by atoms with E-state index >= 15 is 0 Å². The van der Waals surface area contributed by atoms with Gasteiger partial charge in [-0.3, -0.25) is 9.69 Å². The molecule has 0 saturated carbocycles. The van der Waals surface area contributed by atoms with Crippen molar-refractivity contribution in [3.63, 3.8) is 0 Å². The second-order valence-corrected chi connectivity index (χ2v) is 8.76. The summed E-state index contributed by atoms with van der Waals surface area (Å²) in [6.45, 7) is 16.5. The monoisotopic (exact) mass is 387 g/mol. The average molecular weight is 388 g/mol. The largest absolute Gasteiger partial charge is 0.379 e. The number of rotatable bonds is 6. The van der Waals surface area contributed by atoms with Crippen LogP contribution in [-0.4, -0.2) is 64.0 Å². The zero-order valence-electron chi connectivity index (χ0n) is 18.0. The number of ether oxygens (including phenoxy) is 1. The van der Waals surface area contributed by atoms with E-state index in [0.717, 1.165) is 43.0 Å². The number of amides is 1. The van der Waals surface area contributed by atoms with E-state index in [1.54, 1.807) is 6.20 Å². The van der Waals surface area contributed by atoms with E-state index in [0.29, 0.717) is 12.1 Å². The Hall–Kier alpha value is -1.99. The molecule has 28 heavy (non-hydrogen) atoms. The second-order valence-electron chi connectivity index (χ2n) is 8.76. The highest BCUT2D eigenvalue weighted by atomic mass is 16.5. The molecule has 1 aliphatic rings. The van der Waals surface area contributed by atoms with Crippen LogP contribution < -0.4 is 5.32 Å². The number of nitrogens with zero attached hydrogens (tertiary/aromatic N) is 4. The molecule has 0 spiro atoms. The second kappa shape index (κ2) is 8.17. The molecule has 0 unspecified atom stereocenters. The molecule has 154 valence electrons. The molecule has 3 heterocycles. The zero-order valence-corrected chi connectivity index (χ0v) is 18.0. The normalized spacial score (nSPS) is 16.3. The van der Waals surface area contributed by atoms with Gasteiger partial charge in [-0.2, -0.15) is 5.10 Å². The average Bonchev–Trinajstić information content (AvgIpc) is 3.10. The van der Waals surface area contributed by atoms with Crippen LogP contribution in [0.4, 0.5) is 0 Å². The number of morpholine rings is 1. The molecule has 1 N–H and O–H groups in total. The Morgan fingerprint density at radius 3 is 2.54 bits per heavy atom. The Bertz CT molecular complexity index is 835. The molecular weight excluding hydrogens is 354 g/mol. The first kappa shape index (κ1) is 20.7. The summed E-state index contributed by atoms with van der Waals surface area (Å²) in [6.07, 6.45) is 1.76. The van der Waals surface area contributed by atoms with Crippen molar-refractivity contribution in [1.29, 1.82) is 0 Å². The van der Waals surface area contributed by atoms with Crippen molar-refractivity contribution in [2.24, 2.45) is 0 Å². The fourth-order valence-corrected chi connectivity index (χ4v) is 3.57. The van der Waals surface area contributed by atoms with Gasteiger partial charge in [-0.1, -0.05) is 13.8 Å². The molecule has 2 aromatic heterocycles. The summed E-state index contributed by atoms with van der Waals surface area (Å²) in [5.74, 6) is 0.162. The minimum Gasteiger partial charge on any atom is -0.379 e. The van der Waals surface area contributed by atoms with Crippen molar-refractivity contribution in [3.8, 4) is 0 Å². The number of carbonyl (C=O) groups excluding carboxylic acids is 1. The molecule has 0 radical (unpaired) electrons. The third-order valence-electron chi connectivity index (χ3n) is 5.46. The molecule has 1 fully saturated rings. The van der Waals surface area contributed by atoms with Crippen LogP contribution in [0.5, 0.6) is 0 Å². The molecule has 0 aromatic carbocycles. The van der Waals surface area contributed by atoms with Crippen molar-refractivity contribution in [2.45, 2.75) is 59.0 Å². The lowest BCUT2D eigenvalue weighted by atomic mass is 10.0. The molecule has 3 rings (SSSR count). The minimum absolute atomic E-state index is 0.0704. The van der Waals surface area contributed by atoms with E-state index in [1.807, 2.05) is 10.7 Å². The smallest absolute Gasteiger partial charge is 0.252 e. The molecule has 1 aliphatic heterocycles. The topological polar surface area (TPSA) is 72.3 Å². The lowest BCUT2D eigenvalue weighted by molar-refractivity contribution is -0.00922. The summed E-state index contributed by atoms with van der Waals surface area (Å²) in [5.41, 5.74) is 2.21. The quantitative estimate of drug-likeness (QED) is 0.825. The van der Waals surface area contributed by atoms with E-state index in [4.69, 9.17) is 9.72 Å². The third-order valence-corrected chi connectivity index (χ3v) is 5.46. The Balaban J connectivity index is 1.86. The highest BCUT2D eigenvalue weighted by molar-refractivity contribution is 6.05. The molecule has 0 atom stereocenters. The van der Waals surface area contributed by atoms with E-state index in [2.05, 4.69) is 56.9 Å². The van der Waals surface area contributed by atoms with Crippen molar-refractivity contribution in [3.05, 3.63) is 23.5 Å². The number of aromatic nitrogens is 3. The van der Waals surface area contributed by atoms with Gasteiger partial charge < -0.3 is 10.1 Å². The summed E-state index contributed by atoms with van der Waals surface area (Å²) in [4.78, 5) is 20.3. The van der Waals surface area contributed by atoms with Gasteiger partial charge in [0.05, 0.1) is 30.4 Å². The van der Waals surface area contributed by atoms with Crippen molar-refractivity contribution < 1.29 is 9.53 Å². The van der Waals surface area contributed by atoms with Gasteiger partial charge in [0, 0.05) is 36.9 Å². The number of carbonyl (C=O) groups is 1. The van der Waals surface area contributed by atoms with Crippen LogP contribution in [0.2, 0.25) is 0 Å². The predicted molar refractivity (Wildman–Crippen MR) is 111 cm³/mol. The lowest BCUT2D eigenvalue weighted by Crippen LogP contribution is -2.55. The van der Waals surface area contributed by atoms with Crippen molar-refractivity contribution >= 4 is 16.9 Å². The van der Waals surface area contributed by atoms with Crippen LogP contribution in [0.25, 0.3) is 11.0 Å². The first-order chi connectivity index (χ1) is 13.2. The summed E-state index contributed by atoms with van der Waals surface area (Å²) < 4.78 is 7.33. The summed E-state index contributed by atoms with van der Waals surface area (Å²) >= 11 is 0. The molecule has 2 aromatic rings. The Morgan fingerprint density at radius 2 is 1.93 bits per heavy atom. The van der Waals surface area contributed by atoms with Crippen LogP contribution in [0.1, 0.15) is 69.6 Å². The van der Waals surface area contributed by atoms with Crippen molar-refractivity contribution in [1.82, 2.24) is 25.0 Å². The van der Waals surface area contributed by atoms with E-state index < -0.39 is 0 Å². The summed E-state index contributed by atoms with van der Waals surface area (Å²) in [5, 5.41) is 8.43. The molecule has 1 amide bonds. The highest BCUT2D eigenvalue weighted by Crippen LogP contribution is 2.24. The number of fused-ring (bicyclic) bond motifs is 1. The standard InChI is InChI=1S/C21H33N5O2/c1-14(2)18-11-16(17-12-23-26(15(3)4)19(17)24-18)20(27)22-13-21(5,6)25-7-9-28-10-8-25/h11-12,14-15H,7-10,13H2,1-6H3,(H,22,27). The maximum Gasteiger partial charge on any atom is 0.252 e. The van der Waals surface area contributed by atoms with Gasteiger partial charge in [0.1, 0.15) is 0 Å². The fraction of sp³-hybridized carbons (Fsp3) is 0.667. The number of nitrogens with one attached hydrogen (secondary N) is 1. The minimum atomic E-state index is -0.130. The maximum atomic E-state index is 13.1. The predicted octanol–water partition coefficient (Wildman–Crippen LogP) is 2.98. The molecular formula is C21H33N5O2. The van der Waals surface area contributed by atoms with Crippen LogP contribution >= 0.6 is 0 Å². The van der Waals surface area contributed by atoms with E-state index in [-0.39, 0.29) is 23.4 Å². The van der Waals surface area contributed by atoms with E-state index in [9.17, 15) is 4.79 Å². The zero-order chi connectivity index (χ0) is 20.5. The molecule has 1 saturated heterocycles. The maximum absolute atomic E-state index is 13.1. The Morgan fingerprint density at radius 1 is 1.25 bits per heavy atom. The SMILES string of the molecule is CC(C)c1cc(C(=O)NCC(C)(C)N2CCOCC2)c2cnn(C(C)C)c2n1. The van der Waals surface area contributed by atoms with Gasteiger partial charge in [0.2, 0.25) is 0 Å². The Labute approximate surface area is 167 Å². The van der Waals surface area contributed by atoms with Crippen LogP contribution in [0, 0.1) is 0 Å². The van der Waals surface area contributed by atoms with Crippen molar-refractivity contribution in [2.75, 3.05) is 32.8 Å². The molecule has 7 heteroatoms. The van der Waals surface area contributed by atoms with Gasteiger partial charge in [0.25, 0.3) is 5.91 Å². The first-order valence-corrected chi connectivity index (χ1v) is 10.2. The first-order valence-electron chi connectivity index (χ1n) is 10.2. The highest BCUT2D eigenvalue weighted by Gasteiger charge is 2.29. The molecule has 7 nitrogen and oxygen atoms in total. The van der Waals surface area contributed by atoms with Crippen LogP contribution in [0.15, 0.2) is 12.3 Å². The summed E-state index contributed by atoms with van der Waals surface area (Å²) in [6, 6.07) is 2.10. The van der Waals surface area contributed by atoms with E-state index in [1.165, 1.54) is 0 Å². The van der Waals surface area contributed by atoms with Gasteiger partial charge in [-0.25, -0.2) is 9.67 Å².